The number of ketones is 1. The molecule has 1 aromatic carbocycles. The summed E-state index contributed by atoms with van der Waals surface area (Å²) in [6.45, 7) is 0.722. The number of hydrogen-bond donors (Lipinski definition) is 1. The van der Waals surface area contributed by atoms with Crippen LogP contribution in [0, 0.1) is 5.82 Å². The maximum Gasteiger partial charge on any atom is 0.278 e. The van der Waals surface area contributed by atoms with Gasteiger partial charge in [0.05, 0.1) is 5.56 Å². The van der Waals surface area contributed by atoms with Crippen molar-refractivity contribution in [2.24, 2.45) is 0 Å². The van der Waals surface area contributed by atoms with Crippen LogP contribution in [0.1, 0.15) is 29.3 Å². The number of aromatic hydroxyl groups is 1. The van der Waals surface area contributed by atoms with E-state index in [1.54, 1.807) is 0 Å². The van der Waals surface area contributed by atoms with Gasteiger partial charge in [0.25, 0.3) is 5.56 Å². The van der Waals surface area contributed by atoms with Gasteiger partial charge in [0.1, 0.15) is 5.82 Å². The number of Topliss-reactive ketones (excluding diaryl/α,β-unsaturated/α-hetero) is 1. The van der Waals surface area contributed by atoms with Gasteiger partial charge in [-0.2, -0.15) is 0 Å². The second kappa shape index (κ2) is 9.45. The van der Waals surface area contributed by atoms with Crippen LogP contribution in [0.5, 0.6) is 5.75 Å². The Morgan fingerprint density at radius 3 is 2.28 bits per heavy atom. The number of halogens is 2. The van der Waals surface area contributed by atoms with E-state index in [2.05, 4.69) is 0 Å². The Morgan fingerprint density at radius 1 is 1.11 bits per heavy atom. The molecule has 0 saturated heterocycles. The molecule has 3 rings (SSSR count). The first-order valence-corrected chi connectivity index (χ1v) is 14.5. The Bertz CT molecular complexity index is 1670. The summed E-state index contributed by atoms with van der Waals surface area (Å²) in [5.74, 6) is -3.21. The van der Waals surface area contributed by atoms with Crippen LogP contribution in [0.3, 0.4) is 0 Å². The molecule has 0 fully saturated rings. The van der Waals surface area contributed by atoms with Gasteiger partial charge >= 0.3 is 0 Å². The molecule has 0 atom stereocenters. The lowest BCUT2D eigenvalue weighted by Gasteiger charge is -2.24. The molecule has 10 nitrogen and oxygen atoms in total. The maximum atomic E-state index is 14.0. The predicted octanol–water partition coefficient (Wildman–Crippen LogP) is 1.58. The zero-order valence-electron chi connectivity index (χ0n) is 19.4. The average molecular weight is 561 g/mol. The van der Waals surface area contributed by atoms with E-state index < -0.39 is 63.2 Å². The van der Waals surface area contributed by atoms with E-state index in [0.29, 0.717) is 19.4 Å². The highest BCUT2D eigenvalue weighted by Gasteiger charge is 2.53. The summed E-state index contributed by atoms with van der Waals surface area (Å²) in [7, 11) is -9.15. The van der Waals surface area contributed by atoms with Crippen molar-refractivity contribution in [1.82, 2.24) is 8.97 Å². The molecular formula is C22H22ClFN2O8S2. The van der Waals surface area contributed by atoms with Gasteiger partial charge in [0.15, 0.2) is 30.9 Å². The highest BCUT2D eigenvalue weighted by atomic mass is 35.5. The lowest BCUT2D eigenvalue weighted by atomic mass is 10.1. The molecule has 0 amide bonds. The average Bonchev–Trinajstić information content (AvgIpc) is 2.76. The first kappa shape index (κ1) is 27.6. The molecule has 0 aliphatic carbocycles. The summed E-state index contributed by atoms with van der Waals surface area (Å²) >= 11 is 6.00. The van der Waals surface area contributed by atoms with Gasteiger partial charge in [0, 0.05) is 48.2 Å². The van der Waals surface area contributed by atoms with Crippen molar-refractivity contribution in [3.8, 4) is 5.75 Å². The van der Waals surface area contributed by atoms with E-state index >= 15 is 0 Å². The highest BCUT2D eigenvalue weighted by molar-refractivity contribution is 8.10. The largest absolute Gasteiger partial charge is 0.503 e. The van der Waals surface area contributed by atoms with Gasteiger partial charge in [-0.25, -0.2) is 21.2 Å². The molecule has 3 aromatic rings. The Kier molecular flexibility index (Phi) is 7.23. The summed E-state index contributed by atoms with van der Waals surface area (Å²) < 4.78 is 62.1. The summed E-state index contributed by atoms with van der Waals surface area (Å²) in [5.41, 5.74) is -3.38. The fourth-order valence-electron chi connectivity index (χ4n) is 3.70. The molecule has 0 aliphatic rings. The zero-order chi connectivity index (χ0) is 27.2. The third-order valence-electron chi connectivity index (χ3n) is 6.04. The fourth-order valence-corrected chi connectivity index (χ4v) is 7.05. The Morgan fingerprint density at radius 2 is 1.72 bits per heavy atom. The standard InChI is InChI=1S/C22H22ClFN2O8S2/c1-22(35(2,31)32,36(3,33)34)20(29)14-12-26-11-10-25(21(30)17(26)19(28)18(14)27)9-5-6-13-15(23)7-4-8-16(13)24/h4,7-8,10-12,28H,5-6,9H2,1-3H3. The predicted molar refractivity (Wildman–Crippen MR) is 132 cm³/mol. The third-order valence-corrected chi connectivity index (χ3v) is 11.4. The van der Waals surface area contributed by atoms with E-state index in [1.165, 1.54) is 30.6 Å². The number of aryl methyl sites for hydroxylation is 1. The summed E-state index contributed by atoms with van der Waals surface area (Å²) in [4.78, 5) is 38.8. The first-order valence-electron chi connectivity index (χ1n) is 10.4. The number of nitrogens with zero attached hydrogens (tertiary/aromatic N) is 2. The molecule has 0 unspecified atom stereocenters. The summed E-state index contributed by atoms with van der Waals surface area (Å²) in [6.07, 6.45) is 4.86. The first-order chi connectivity index (χ1) is 16.5. The van der Waals surface area contributed by atoms with Gasteiger partial charge in [0.2, 0.25) is 15.3 Å². The Balaban J connectivity index is 2.06. The molecule has 36 heavy (non-hydrogen) atoms. The smallest absolute Gasteiger partial charge is 0.278 e. The van der Waals surface area contributed by atoms with E-state index in [9.17, 15) is 40.7 Å². The second-order valence-electron chi connectivity index (χ2n) is 8.40. The van der Waals surface area contributed by atoms with Crippen molar-refractivity contribution in [3.63, 3.8) is 0 Å². The number of carbonyl (C=O) groups is 1. The van der Waals surface area contributed by atoms with E-state index in [1.807, 2.05) is 0 Å². The maximum absolute atomic E-state index is 14.0. The molecule has 2 heterocycles. The van der Waals surface area contributed by atoms with Crippen molar-refractivity contribution >= 4 is 42.6 Å². The van der Waals surface area contributed by atoms with E-state index in [-0.39, 0.29) is 30.0 Å². The van der Waals surface area contributed by atoms with Crippen LogP contribution in [0.25, 0.3) is 5.52 Å². The molecule has 0 spiro atoms. The number of aromatic nitrogens is 2. The van der Waals surface area contributed by atoms with Gasteiger partial charge in [-0.3, -0.25) is 14.4 Å². The minimum Gasteiger partial charge on any atom is -0.503 e. The highest BCUT2D eigenvalue weighted by Crippen LogP contribution is 2.28. The van der Waals surface area contributed by atoms with Gasteiger partial charge in [-0.1, -0.05) is 17.7 Å². The molecule has 0 aliphatic heterocycles. The lowest BCUT2D eigenvalue weighted by Crippen LogP contribution is -2.50. The minimum absolute atomic E-state index is 0.0640. The third kappa shape index (κ3) is 4.58. The molecule has 194 valence electrons. The second-order valence-corrected chi connectivity index (χ2v) is 13.8. The van der Waals surface area contributed by atoms with Crippen molar-refractivity contribution < 1.29 is 31.1 Å². The monoisotopic (exact) mass is 560 g/mol. The summed E-state index contributed by atoms with van der Waals surface area (Å²) in [6, 6.07) is 4.25. The molecule has 0 radical (unpaired) electrons. The molecule has 14 heteroatoms. The van der Waals surface area contributed by atoms with Crippen molar-refractivity contribution in [2.45, 2.75) is 30.4 Å². The van der Waals surface area contributed by atoms with E-state index in [4.69, 9.17) is 11.6 Å². The van der Waals surface area contributed by atoms with Crippen LogP contribution >= 0.6 is 11.6 Å². The lowest BCUT2D eigenvalue weighted by molar-refractivity contribution is 0.0976. The van der Waals surface area contributed by atoms with Crippen molar-refractivity contribution in [3.05, 3.63) is 79.3 Å². The van der Waals surface area contributed by atoms with Crippen LogP contribution in [0.4, 0.5) is 4.39 Å². The minimum atomic E-state index is -4.58. The molecule has 2 aromatic heterocycles. The van der Waals surface area contributed by atoms with Crippen molar-refractivity contribution in [1.29, 1.82) is 0 Å². The zero-order valence-corrected chi connectivity index (χ0v) is 21.7. The number of pyridine rings is 1. The number of benzene rings is 1. The molecule has 1 N–H and O–H groups in total. The van der Waals surface area contributed by atoms with Crippen LogP contribution in [-0.4, -0.2) is 53.3 Å². The number of carbonyl (C=O) groups excluding carboxylic acids is 1. The molecule has 0 bridgehead atoms. The number of rotatable bonds is 8. The van der Waals surface area contributed by atoms with Crippen LogP contribution in [-0.2, 0) is 32.6 Å². The topological polar surface area (TPSA) is 149 Å². The number of hydrogen-bond acceptors (Lipinski definition) is 8. The Labute approximate surface area is 210 Å². The molecular weight excluding hydrogens is 539 g/mol. The van der Waals surface area contributed by atoms with Gasteiger partial charge < -0.3 is 14.1 Å². The Hall–Kier alpha value is -3.03. The van der Waals surface area contributed by atoms with Crippen LogP contribution < -0.4 is 11.0 Å². The van der Waals surface area contributed by atoms with Crippen LogP contribution in [0.15, 0.2) is 46.4 Å². The SMILES string of the molecule is CC(C(=O)c1cn2ccn(CCCc3c(F)cccc3Cl)c(=O)c2c(O)c1=O)(S(C)(=O)=O)S(C)(=O)=O. The molecule has 0 saturated carbocycles. The van der Waals surface area contributed by atoms with Crippen molar-refractivity contribution in [2.75, 3.05) is 12.5 Å². The number of sulfone groups is 2. The van der Waals surface area contributed by atoms with E-state index in [0.717, 1.165) is 15.2 Å². The summed E-state index contributed by atoms with van der Waals surface area (Å²) in [5, 5.41) is 10.7. The fraction of sp³-hybridized carbons (Fsp3) is 0.318. The number of fused-ring (bicyclic) bond motifs is 1. The quantitative estimate of drug-likeness (QED) is 0.408. The normalized spacial score (nSPS) is 12.7. The van der Waals surface area contributed by atoms with Crippen LogP contribution in [0.2, 0.25) is 5.02 Å². The van der Waals surface area contributed by atoms with Gasteiger partial charge in [-0.05, 0) is 31.9 Å². The van der Waals surface area contributed by atoms with Gasteiger partial charge in [-0.15, -0.1) is 0 Å².